The number of phosphoric ester groups is 1. The predicted molar refractivity (Wildman–Crippen MR) is 50.1 cm³/mol. The van der Waals surface area contributed by atoms with E-state index in [1.54, 1.807) is 13.8 Å². The van der Waals surface area contributed by atoms with E-state index in [0.717, 1.165) is 12.0 Å². The molecule has 0 bridgehead atoms. The Morgan fingerprint density at radius 3 is 2.00 bits per heavy atom. The minimum Gasteiger partial charge on any atom is -0.287 e. The van der Waals surface area contributed by atoms with Crippen molar-refractivity contribution in [1.29, 1.82) is 0 Å². The minimum atomic E-state index is -3.27. The third kappa shape index (κ3) is 5.17. The van der Waals surface area contributed by atoms with Gasteiger partial charge in [0.25, 0.3) is 0 Å². The molecule has 4 nitrogen and oxygen atoms in total. The summed E-state index contributed by atoms with van der Waals surface area (Å²) in [6.45, 7) is 6.02. The summed E-state index contributed by atoms with van der Waals surface area (Å²) in [5.74, 6) is 0.712. The van der Waals surface area contributed by atoms with Crippen molar-refractivity contribution in [3.05, 3.63) is 0 Å². The van der Waals surface area contributed by atoms with Gasteiger partial charge in [-0.1, -0.05) is 6.92 Å². The van der Waals surface area contributed by atoms with Gasteiger partial charge in [0.15, 0.2) is 0 Å². The standard InChI is InChI=1S/C6H15O4PS/c1-4-8-11(7,9-5-2)10-12-6-3/h4-6H2,1-3H3. The highest BCUT2D eigenvalue weighted by Gasteiger charge is 2.25. The zero-order chi connectivity index (χ0) is 9.45. The molecule has 0 spiro atoms. The van der Waals surface area contributed by atoms with Crippen LogP contribution in [-0.4, -0.2) is 19.0 Å². The Morgan fingerprint density at radius 2 is 1.67 bits per heavy atom. The second kappa shape index (κ2) is 6.92. The van der Waals surface area contributed by atoms with Gasteiger partial charge in [0.1, 0.15) is 0 Å². The highest BCUT2D eigenvalue weighted by Crippen LogP contribution is 2.52. The van der Waals surface area contributed by atoms with Gasteiger partial charge in [0.2, 0.25) is 0 Å². The molecule has 6 heteroatoms. The van der Waals surface area contributed by atoms with E-state index in [4.69, 9.17) is 13.0 Å². The number of phosphoric acid groups is 1. The van der Waals surface area contributed by atoms with Crippen LogP contribution in [0.3, 0.4) is 0 Å². The topological polar surface area (TPSA) is 44.8 Å². The Hall–Kier alpha value is 0.460. The number of rotatable bonds is 7. The van der Waals surface area contributed by atoms with Crippen LogP contribution in [0.4, 0.5) is 0 Å². The summed E-state index contributed by atoms with van der Waals surface area (Å²) in [4.78, 5) is 0. The molecular weight excluding hydrogens is 199 g/mol. The van der Waals surface area contributed by atoms with Gasteiger partial charge in [-0.05, 0) is 13.8 Å². The van der Waals surface area contributed by atoms with Crippen molar-refractivity contribution < 1.29 is 17.6 Å². The summed E-state index contributed by atoms with van der Waals surface area (Å²) in [7, 11) is -3.27. The van der Waals surface area contributed by atoms with Crippen LogP contribution >= 0.6 is 19.9 Å². The van der Waals surface area contributed by atoms with Crippen molar-refractivity contribution in [2.24, 2.45) is 0 Å². The lowest BCUT2D eigenvalue weighted by molar-refractivity contribution is 0.175. The van der Waals surface area contributed by atoms with Crippen LogP contribution in [0.2, 0.25) is 0 Å². The Kier molecular flexibility index (Phi) is 7.19. The summed E-state index contributed by atoms with van der Waals surface area (Å²) in [6.07, 6.45) is 0. The molecule has 0 radical (unpaired) electrons. The van der Waals surface area contributed by atoms with E-state index in [9.17, 15) is 4.57 Å². The van der Waals surface area contributed by atoms with Crippen LogP contribution in [0.15, 0.2) is 0 Å². The van der Waals surface area contributed by atoms with Crippen molar-refractivity contribution in [3.63, 3.8) is 0 Å². The molecule has 0 aromatic heterocycles. The Balaban J connectivity index is 3.90. The van der Waals surface area contributed by atoms with Gasteiger partial charge in [-0.25, -0.2) is 8.54 Å². The third-order valence-corrected chi connectivity index (χ3v) is 3.37. The first-order chi connectivity index (χ1) is 5.68. The third-order valence-electron chi connectivity index (χ3n) is 0.836. The molecule has 0 fully saturated rings. The molecule has 0 aliphatic heterocycles. The molecule has 0 N–H and O–H groups in total. The molecular formula is C6H15O4PS. The van der Waals surface area contributed by atoms with E-state index < -0.39 is 7.82 Å². The molecule has 0 aliphatic carbocycles. The maximum Gasteiger partial charge on any atom is 0.485 e. The average Bonchev–Trinajstić information content (AvgIpc) is 2.02. The maximum atomic E-state index is 11.5. The van der Waals surface area contributed by atoms with Gasteiger partial charge in [-0.2, -0.15) is 0 Å². The van der Waals surface area contributed by atoms with Gasteiger partial charge in [-0.15, -0.1) is 0 Å². The van der Waals surface area contributed by atoms with Crippen LogP contribution in [-0.2, 0) is 17.6 Å². The summed E-state index contributed by atoms with van der Waals surface area (Å²) in [5.41, 5.74) is 0. The van der Waals surface area contributed by atoms with Gasteiger partial charge in [0, 0.05) is 17.8 Å². The zero-order valence-corrected chi connectivity index (χ0v) is 9.32. The van der Waals surface area contributed by atoms with Crippen LogP contribution < -0.4 is 0 Å². The normalized spacial score (nSPS) is 11.9. The van der Waals surface area contributed by atoms with Crippen LogP contribution in [0, 0.1) is 0 Å². The van der Waals surface area contributed by atoms with Crippen LogP contribution in [0.5, 0.6) is 0 Å². The largest absolute Gasteiger partial charge is 0.485 e. The molecule has 0 saturated carbocycles. The second-order valence-corrected chi connectivity index (χ2v) is 4.58. The summed E-state index contributed by atoms with van der Waals surface area (Å²) >= 11 is 1.08. The molecule has 0 rings (SSSR count). The van der Waals surface area contributed by atoms with Crippen molar-refractivity contribution >= 4 is 19.9 Å². The lowest BCUT2D eigenvalue weighted by Gasteiger charge is -2.14. The first-order valence-corrected chi connectivity index (χ1v) is 6.26. The van der Waals surface area contributed by atoms with Gasteiger partial charge < -0.3 is 0 Å². The highest BCUT2D eigenvalue weighted by atomic mass is 32.2. The molecule has 0 aliphatic rings. The smallest absolute Gasteiger partial charge is 0.287 e. The van der Waals surface area contributed by atoms with Gasteiger partial charge in [0.05, 0.1) is 13.2 Å². The Morgan fingerprint density at radius 1 is 1.17 bits per heavy atom. The first kappa shape index (κ1) is 12.5. The van der Waals surface area contributed by atoms with Crippen molar-refractivity contribution in [2.45, 2.75) is 20.8 Å². The monoisotopic (exact) mass is 214 g/mol. The molecule has 0 heterocycles. The highest BCUT2D eigenvalue weighted by molar-refractivity contribution is 7.97. The van der Waals surface area contributed by atoms with Crippen LogP contribution in [0.25, 0.3) is 0 Å². The molecule has 12 heavy (non-hydrogen) atoms. The lowest BCUT2D eigenvalue weighted by Crippen LogP contribution is -1.96. The minimum absolute atomic E-state index is 0.321. The summed E-state index contributed by atoms with van der Waals surface area (Å²) in [5, 5.41) is 0. The van der Waals surface area contributed by atoms with Crippen molar-refractivity contribution in [3.8, 4) is 0 Å². The van der Waals surface area contributed by atoms with Gasteiger partial charge >= 0.3 is 7.82 Å². The molecule has 0 aromatic carbocycles. The van der Waals surface area contributed by atoms with Crippen molar-refractivity contribution in [2.75, 3.05) is 19.0 Å². The van der Waals surface area contributed by atoms with E-state index >= 15 is 0 Å². The van der Waals surface area contributed by atoms with E-state index in [1.165, 1.54) is 0 Å². The van der Waals surface area contributed by atoms with Crippen molar-refractivity contribution in [1.82, 2.24) is 0 Å². The molecule has 0 saturated heterocycles. The fourth-order valence-electron chi connectivity index (χ4n) is 0.514. The molecule has 74 valence electrons. The van der Waals surface area contributed by atoms with Gasteiger partial charge in [-0.3, -0.25) is 9.05 Å². The van der Waals surface area contributed by atoms with E-state index in [0.29, 0.717) is 19.0 Å². The second-order valence-electron chi connectivity index (χ2n) is 1.76. The summed E-state index contributed by atoms with van der Waals surface area (Å²) in [6, 6.07) is 0. The molecule has 0 aromatic rings. The quantitative estimate of drug-likeness (QED) is 0.481. The Labute approximate surface area is 77.8 Å². The van der Waals surface area contributed by atoms with E-state index in [1.807, 2.05) is 6.92 Å². The van der Waals surface area contributed by atoms with Crippen LogP contribution in [0.1, 0.15) is 20.8 Å². The average molecular weight is 214 g/mol. The predicted octanol–water partition coefficient (Wildman–Crippen LogP) is 2.85. The molecule has 0 unspecified atom stereocenters. The lowest BCUT2D eigenvalue weighted by atomic mass is 10.9. The molecule has 0 atom stereocenters. The zero-order valence-electron chi connectivity index (χ0n) is 7.61. The molecule has 0 amide bonds. The Bertz CT molecular complexity index is 142. The summed E-state index contributed by atoms with van der Waals surface area (Å²) < 4.78 is 26.1. The van der Waals surface area contributed by atoms with E-state index in [2.05, 4.69) is 0 Å². The number of hydrogen-bond acceptors (Lipinski definition) is 5. The maximum absolute atomic E-state index is 11.5. The fraction of sp³-hybridized carbons (Fsp3) is 1.00. The number of hydrogen-bond donors (Lipinski definition) is 0. The fourth-order valence-corrected chi connectivity index (χ4v) is 2.50. The first-order valence-electron chi connectivity index (χ1n) is 3.88. The SMILES string of the molecule is CCOP(=O)(OCC)OSCC. The van der Waals surface area contributed by atoms with E-state index in [-0.39, 0.29) is 0 Å².